The molecular formula is C20H38O7P+. The molecule has 0 bridgehead atoms. The van der Waals surface area contributed by atoms with Crippen molar-refractivity contribution >= 4 is 20.2 Å². The number of rotatable bonds is 16. The molecule has 0 radical (unpaired) electrons. The quantitative estimate of drug-likeness (QED) is 0.185. The fourth-order valence-corrected chi connectivity index (χ4v) is 3.94. The summed E-state index contributed by atoms with van der Waals surface area (Å²) in [6.07, 6.45) is 5.47. The summed E-state index contributed by atoms with van der Waals surface area (Å²) in [5.41, 5.74) is -0.968. The van der Waals surface area contributed by atoms with Gasteiger partial charge in [-0.15, -0.1) is 9.05 Å². The van der Waals surface area contributed by atoms with Crippen LogP contribution in [0.2, 0.25) is 0 Å². The summed E-state index contributed by atoms with van der Waals surface area (Å²) in [5, 5.41) is 0. The van der Waals surface area contributed by atoms with Crippen LogP contribution in [0.25, 0.3) is 0 Å². The third kappa shape index (κ3) is 10.5. The molecule has 164 valence electrons. The average molecular weight is 421 g/mol. The van der Waals surface area contributed by atoms with Gasteiger partial charge in [-0.2, -0.15) is 0 Å². The summed E-state index contributed by atoms with van der Waals surface area (Å²) >= 11 is 0. The van der Waals surface area contributed by atoms with Crippen molar-refractivity contribution in [3.8, 4) is 0 Å². The summed E-state index contributed by atoms with van der Waals surface area (Å²) < 4.78 is 33.3. The van der Waals surface area contributed by atoms with Gasteiger partial charge in [0.05, 0.1) is 0 Å². The van der Waals surface area contributed by atoms with Gasteiger partial charge in [0.2, 0.25) is 0 Å². The van der Waals surface area contributed by atoms with Crippen molar-refractivity contribution in [2.75, 3.05) is 13.2 Å². The van der Waals surface area contributed by atoms with Gasteiger partial charge in [-0.3, -0.25) is 9.59 Å². The van der Waals surface area contributed by atoms with Crippen LogP contribution in [0.1, 0.15) is 92.9 Å². The van der Waals surface area contributed by atoms with Crippen molar-refractivity contribution in [2.24, 2.45) is 0 Å². The Labute approximate surface area is 170 Å². The molecule has 0 saturated heterocycles. The first-order valence-corrected chi connectivity index (χ1v) is 11.4. The lowest BCUT2D eigenvalue weighted by molar-refractivity contribution is -0.160. The summed E-state index contributed by atoms with van der Waals surface area (Å²) in [7, 11) is -2.19. The Morgan fingerprint density at radius 3 is 1.29 bits per heavy atom. The Morgan fingerprint density at radius 1 is 0.714 bits per heavy atom. The normalized spacial score (nSPS) is 11.9. The minimum absolute atomic E-state index is 0.277. The molecule has 0 aromatic carbocycles. The lowest BCUT2D eigenvalue weighted by Gasteiger charge is -2.31. The van der Waals surface area contributed by atoms with Crippen molar-refractivity contribution in [3.63, 3.8) is 0 Å². The molecular weight excluding hydrogens is 383 g/mol. The molecule has 0 N–H and O–H groups in total. The first-order valence-electron chi connectivity index (χ1n) is 10.3. The number of esters is 2. The first-order chi connectivity index (χ1) is 13.2. The van der Waals surface area contributed by atoms with Crippen molar-refractivity contribution in [2.45, 2.75) is 104 Å². The van der Waals surface area contributed by atoms with Crippen LogP contribution in [-0.4, -0.2) is 36.4 Å². The summed E-state index contributed by atoms with van der Waals surface area (Å²) in [5.74, 6) is -0.578. The third-order valence-electron chi connectivity index (χ3n) is 5.24. The van der Waals surface area contributed by atoms with Crippen LogP contribution in [0.3, 0.4) is 0 Å². The van der Waals surface area contributed by atoms with Gasteiger partial charge in [-0.05, 0) is 51.4 Å². The number of ether oxygens (including phenoxy) is 2. The Bertz CT molecular complexity index is 443. The van der Waals surface area contributed by atoms with Gasteiger partial charge < -0.3 is 9.47 Å². The van der Waals surface area contributed by atoms with Gasteiger partial charge in [0, 0.05) is 18.4 Å². The molecule has 0 aromatic rings. The topological polar surface area (TPSA) is 88.1 Å². The summed E-state index contributed by atoms with van der Waals surface area (Å²) in [6.45, 7) is 11.3. The largest absolute Gasteiger partial charge is 0.697 e. The van der Waals surface area contributed by atoms with Crippen LogP contribution in [0.4, 0.5) is 0 Å². The highest BCUT2D eigenvalue weighted by atomic mass is 31.1. The van der Waals surface area contributed by atoms with Gasteiger partial charge in [-0.25, -0.2) is 0 Å². The minimum atomic E-state index is -2.19. The van der Waals surface area contributed by atoms with E-state index in [2.05, 4.69) is 0 Å². The molecule has 0 aliphatic carbocycles. The van der Waals surface area contributed by atoms with Crippen LogP contribution in [0.15, 0.2) is 0 Å². The van der Waals surface area contributed by atoms with E-state index in [4.69, 9.17) is 18.5 Å². The molecule has 0 amide bonds. The van der Waals surface area contributed by atoms with Gasteiger partial charge in [0.25, 0.3) is 0 Å². The lowest BCUT2D eigenvalue weighted by Crippen LogP contribution is -2.33. The zero-order valence-corrected chi connectivity index (χ0v) is 19.3. The van der Waals surface area contributed by atoms with E-state index >= 15 is 0 Å². The highest BCUT2D eigenvalue weighted by molar-refractivity contribution is 7.33. The van der Waals surface area contributed by atoms with E-state index in [0.29, 0.717) is 25.7 Å². The molecule has 0 saturated carbocycles. The van der Waals surface area contributed by atoms with Crippen molar-refractivity contribution in [3.05, 3.63) is 0 Å². The van der Waals surface area contributed by atoms with Crippen molar-refractivity contribution in [1.29, 1.82) is 0 Å². The monoisotopic (exact) mass is 421 g/mol. The summed E-state index contributed by atoms with van der Waals surface area (Å²) in [4.78, 5) is 22.6. The van der Waals surface area contributed by atoms with E-state index in [9.17, 15) is 14.2 Å². The molecule has 0 heterocycles. The average Bonchev–Trinajstić information content (AvgIpc) is 2.66. The van der Waals surface area contributed by atoms with E-state index in [1.165, 1.54) is 13.8 Å². The van der Waals surface area contributed by atoms with E-state index in [0.717, 1.165) is 25.7 Å². The SMILES string of the molecule is CCC(CC)(CCCO[P+](=O)OCCCC(CC)(CC)OC(C)=O)OC(C)=O. The standard InChI is InChI=1S/C20H38O7P/c1-7-19(8-2,26-17(5)21)13-11-15-24-28(23)25-16-12-14-20(9-3,10-4)27-18(6)22/h7-16H2,1-6H3/q+1. The molecule has 0 aliphatic heterocycles. The van der Waals surface area contributed by atoms with Crippen molar-refractivity contribution < 1.29 is 32.7 Å². The predicted octanol–water partition coefficient (Wildman–Crippen LogP) is 5.48. The summed E-state index contributed by atoms with van der Waals surface area (Å²) in [6, 6.07) is 0. The van der Waals surface area contributed by atoms with Gasteiger partial charge in [-0.1, -0.05) is 27.7 Å². The van der Waals surface area contributed by atoms with Crippen LogP contribution >= 0.6 is 8.25 Å². The second-order valence-corrected chi connectivity index (χ2v) is 8.03. The van der Waals surface area contributed by atoms with Crippen molar-refractivity contribution in [1.82, 2.24) is 0 Å². The van der Waals surface area contributed by atoms with Gasteiger partial charge in [0.1, 0.15) is 24.4 Å². The molecule has 0 atom stereocenters. The highest BCUT2D eigenvalue weighted by Crippen LogP contribution is 2.31. The minimum Gasteiger partial charge on any atom is -0.459 e. The second kappa shape index (κ2) is 14.0. The highest BCUT2D eigenvalue weighted by Gasteiger charge is 2.31. The maximum absolute atomic E-state index is 11.9. The third-order valence-corrected chi connectivity index (χ3v) is 6.03. The number of carbonyl (C=O) groups excluding carboxylic acids is 2. The predicted molar refractivity (Wildman–Crippen MR) is 108 cm³/mol. The zero-order valence-electron chi connectivity index (χ0n) is 18.4. The maximum atomic E-state index is 11.9. The Morgan fingerprint density at radius 2 is 1.04 bits per heavy atom. The number of carbonyl (C=O) groups is 2. The molecule has 0 spiro atoms. The smallest absolute Gasteiger partial charge is 0.459 e. The van der Waals surface area contributed by atoms with Crippen LogP contribution in [0.5, 0.6) is 0 Å². The molecule has 0 fully saturated rings. The second-order valence-electron chi connectivity index (χ2n) is 7.06. The maximum Gasteiger partial charge on any atom is 0.697 e. The zero-order chi connectivity index (χ0) is 21.6. The molecule has 0 unspecified atom stereocenters. The Balaban J connectivity index is 4.17. The fraction of sp³-hybridized carbons (Fsp3) is 0.900. The van der Waals surface area contributed by atoms with Gasteiger partial charge in [0.15, 0.2) is 0 Å². The van der Waals surface area contributed by atoms with E-state index in [1.807, 2.05) is 27.7 Å². The van der Waals surface area contributed by atoms with E-state index in [1.54, 1.807) is 0 Å². The Kier molecular flexibility index (Phi) is 13.5. The van der Waals surface area contributed by atoms with E-state index in [-0.39, 0.29) is 25.2 Å². The molecule has 0 aromatic heterocycles. The first kappa shape index (κ1) is 27.0. The fourth-order valence-electron chi connectivity index (χ4n) is 3.31. The van der Waals surface area contributed by atoms with Crippen LogP contribution in [0, 0.1) is 0 Å². The molecule has 0 aliphatic rings. The molecule has 28 heavy (non-hydrogen) atoms. The molecule has 7 nitrogen and oxygen atoms in total. The van der Waals surface area contributed by atoms with E-state index < -0.39 is 19.5 Å². The van der Waals surface area contributed by atoms with Gasteiger partial charge >= 0.3 is 20.2 Å². The molecule has 0 rings (SSSR count). The number of hydrogen-bond acceptors (Lipinski definition) is 7. The van der Waals surface area contributed by atoms with Crippen LogP contribution in [-0.2, 0) is 32.7 Å². The lowest BCUT2D eigenvalue weighted by atomic mass is 9.91. The number of hydrogen-bond donors (Lipinski definition) is 0. The Hall–Kier alpha value is -1.04. The van der Waals surface area contributed by atoms with Crippen LogP contribution < -0.4 is 0 Å². The molecule has 8 heteroatoms.